The molecule has 1 aromatic rings. The predicted octanol–water partition coefficient (Wildman–Crippen LogP) is 0.729. The first-order chi connectivity index (χ1) is 7.24. The van der Waals surface area contributed by atoms with Crippen LogP contribution in [0.25, 0.3) is 0 Å². The second kappa shape index (κ2) is 5.36. The fraction of sp³-hybridized carbons (Fsp3) is 0.500. The highest BCUT2D eigenvalue weighted by molar-refractivity contribution is 6.75. The molecule has 0 aliphatic carbocycles. The molecule has 4 nitrogen and oxygen atoms in total. The van der Waals surface area contributed by atoms with E-state index in [0.717, 1.165) is 17.3 Å². The first-order valence-corrected chi connectivity index (χ1v) is 6.56. The number of pyridine rings is 1. The first-order valence-electron chi connectivity index (χ1n) is 4.83. The van der Waals surface area contributed by atoms with Crippen LogP contribution in [0.5, 0.6) is 0 Å². The van der Waals surface area contributed by atoms with E-state index in [4.69, 9.17) is 13.3 Å². The summed E-state index contributed by atoms with van der Waals surface area (Å²) in [6.07, 6.45) is 2.60. The molecule has 0 saturated heterocycles. The normalized spacial score (nSPS) is 11.7. The van der Waals surface area contributed by atoms with Gasteiger partial charge in [0.15, 0.2) is 0 Å². The molecular weight excluding hydrogens is 210 g/mol. The molecule has 0 amide bonds. The zero-order chi connectivity index (χ0) is 11.3. The largest absolute Gasteiger partial charge is 0.538 e. The van der Waals surface area contributed by atoms with Gasteiger partial charge in [-0.25, -0.2) is 0 Å². The number of aryl methyl sites for hydroxylation is 1. The van der Waals surface area contributed by atoms with E-state index in [9.17, 15) is 0 Å². The third-order valence-electron chi connectivity index (χ3n) is 2.36. The zero-order valence-corrected chi connectivity index (χ0v) is 10.6. The van der Waals surface area contributed by atoms with Crippen LogP contribution >= 0.6 is 0 Å². The standard InChI is InChI=1S/C10H17NO3Si/c1-5-9-10(7-6-8-11-9)15(12-2,13-3)14-4/h6-8H,5H2,1-4H3. The fourth-order valence-electron chi connectivity index (χ4n) is 1.58. The van der Waals surface area contributed by atoms with Crippen molar-refractivity contribution in [3.63, 3.8) is 0 Å². The summed E-state index contributed by atoms with van der Waals surface area (Å²) in [6, 6.07) is 3.82. The third kappa shape index (κ3) is 2.26. The molecule has 15 heavy (non-hydrogen) atoms. The summed E-state index contributed by atoms with van der Waals surface area (Å²) in [5.74, 6) is 0. The second-order valence-electron chi connectivity index (χ2n) is 3.02. The van der Waals surface area contributed by atoms with Gasteiger partial charge in [0.2, 0.25) is 0 Å². The van der Waals surface area contributed by atoms with Gasteiger partial charge in [0.25, 0.3) is 0 Å². The van der Waals surface area contributed by atoms with Crippen LogP contribution in [-0.4, -0.2) is 35.1 Å². The van der Waals surface area contributed by atoms with E-state index in [1.54, 1.807) is 27.5 Å². The molecule has 1 rings (SSSR count). The molecule has 0 atom stereocenters. The molecule has 1 heterocycles. The van der Waals surface area contributed by atoms with E-state index in [0.29, 0.717) is 0 Å². The summed E-state index contributed by atoms with van der Waals surface area (Å²) in [7, 11) is 2.09. The molecule has 0 spiro atoms. The molecule has 0 aromatic carbocycles. The Bertz CT molecular complexity index is 307. The van der Waals surface area contributed by atoms with Gasteiger partial charge in [-0.05, 0) is 12.5 Å². The Morgan fingerprint density at radius 3 is 2.27 bits per heavy atom. The van der Waals surface area contributed by atoms with Gasteiger partial charge in [0.1, 0.15) is 0 Å². The minimum atomic E-state index is -2.72. The van der Waals surface area contributed by atoms with Crippen molar-refractivity contribution < 1.29 is 13.3 Å². The van der Waals surface area contributed by atoms with Crippen molar-refractivity contribution in [2.24, 2.45) is 0 Å². The lowest BCUT2D eigenvalue weighted by Crippen LogP contribution is -2.56. The summed E-state index contributed by atoms with van der Waals surface area (Å²) in [6.45, 7) is 2.05. The Hall–Kier alpha value is -0.753. The van der Waals surface area contributed by atoms with Gasteiger partial charge in [0.05, 0.1) is 0 Å². The number of hydrogen-bond donors (Lipinski definition) is 0. The Kier molecular flexibility index (Phi) is 4.40. The van der Waals surface area contributed by atoms with Gasteiger partial charge in [-0.1, -0.05) is 13.0 Å². The van der Waals surface area contributed by atoms with Gasteiger partial charge in [-0.2, -0.15) is 0 Å². The van der Waals surface area contributed by atoms with Gasteiger partial charge in [-0.15, -0.1) is 0 Å². The number of hydrogen-bond acceptors (Lipinski definition) is 4. The molecule has 84 valence electrons. The lowest BCUT2D eigenvalue weighted by Gasteiger charge is -2.25. The summed E-state index contributed by atoms with van der Waals surface area (Å²) in [4.78, 5) is 4.30. The third-order valence-corrected chi connectivity index (χ3v) is 5.09. The number of aromatic nitrogens is 1. The van der Waals surface area contributed by atoms with Crippen LogP contribution in [0.3, 0.4) is 0 Å². The molecule has 1 aromatic heterocycles. The minimum Gasteiger partial charge on any atom is -0.373 e. The zero-order valence-electron chi connectivity index (χ0n) is 9.61. The number of rotatable bonds is 5. The van der Waals surface area contributed by atoms with Crippen molar-refractivity contribution in [2.75, 3.05) is 21.3 Å². The van der Waals surface area contributed by atoms with Crippen molar-refractivity contribution >= 4 is 14.0 Å². The smallest absolute Gasteiger partial charge is 0.373 e. The van der Waals surface area contributed by atoms with E-state index in [2.05, 4.69) is 4.98 Å². The molecule has 0 saturated carbocycles. The topological polar surface area (TPSA) is 40.6 Å². The lowest BCUT2D eigenvalue weighted by molar-refractivity contribution is 0.140. The van der Waals surface area contributed by atoms with E-state index < -0.39 is 8.80 Å². The van der Waals surface area contributed by atoms with Crippen molar-refractivity contribution in [3.8, 4) is 0 Å². The Labute approximate surface area is 91.6 Å². The summed E-state index contributed by atoms with van der Waals surface area (Å²) < 4.78 is 16.3. The maximum atomic E-state index is 5.42. The Morgan fingerprint density at radius 1 is 1.20 bits per heavy atom. The molecule has 0 bridgehead atoms. The molecule has 5 heteroatoms. The second-order valence-corrected chi connectivity index (χ2v) is 5.90. The van der Waals surface area contributed by atoms with Gasteiger partial charge >= 0.3 is 8.80 Å². The summed E-state index contributed by atoms with van der Waals surface area (Å²) in [5, 5.41) is 0.944. The van der Waals surface area contributed by atoms with Crippen LogP contribution in [0.15, 0.2) is 18.3 Å². The van der Waals surface area contributed by atoms with Crippen LogP contribution in [0, 0.1) is 0 Å². The van der Waals surface area contributed by atoms with Crippen LogP contribution in [-0.2, 0) is 19.7 Å². The van der Waals surface area contributed by atoms with E-state index in [1.165, 1.54) is 0 Å². The maximum absolute atomic E-state index is 5.42. The quantitative estimate of drug-likeness (QED) is 0.695. The Morgan fingerprint density at radius 2 is 1.80 bits per heavy atom. The average molecular weight is 227 g/mol. The fourth-order valence-corrected chi connectivity index (χ4v) is 3.63. The molecule has 0 fully saturated rings. The molecule has 0 aliphatic rings. The van der Waals surface area contributed by atoms with Crippen LogP contribution in [0.1, 0.15) is 12.6 Å². The number of nitrogens with zero attached hydrogens (tertiary/aromatic N) is 1. The van der Waals surface area contributed by atoms with Crippen molar-refractivity contribution in [1.29, 1.82) is 0 Å². The highest BCUT2D eigenvalue weighted by Crippen LogP contribution is 2.09. The van der Waals surface area contributed by atoms with Gasteiger partial charge in [0, 0.05) is 38.4 Å². The monoisotopic (exact) mass is 227 g/mol. The first kappa shape index (κ1) is 12.3. The van der Waals surface area contributed by atoms with Crippen LogP contribution in [0.2, 0.25) is 0 Å². The van der Waals surface area contributed by atoms with Crippen LogP contribution in [0.4, 0.5) is 0 Å². The molecule has 0 unspecified atom stereocenters. The van der Waals surface area contributed by atoms with E-state index >= 15 is 0 Å². The van der Waals surface area contributed by atoms with E-state index in [-0.39, 0.29) is 0 Å². The SMILES string of the molecule is CCc1ncccc1[Si](OC)(OC)OC. The summed E-state index contributed by atoms with van der Waals surface area (Å²) >= 11 is 0. The predicted molar refractivity (Wildman–Crippen MR) is 60.0 cm³/mol. The van der Waals surface area contributed by atoms with Crippen molar-refractivity contribution in [3.05, 3.63) is 24.0 Å². The molecular formula is C10H17NO3Si. The summed E-state index contributed by atoms with van der Waals surface area (Å²) in [5.41, 5.74) is 0.967. The highest BCUT2D eigenvalue weighted by Gasteiger charge is 2.42. The van der Waals surface area contributed by atoms with Crippen LogP contribution < -0.4 is 5.19 Å². The maximum Gasteiger partial charge on any atom is 0.538 e. The Balaban J connectivity index is 3.21. The lowest BCUT2D eigenvalue weighted by atomic mass is 10.3. The van der Waals surface area contributed by atoms with Crippen molar-refractivity contribution in [2.45, 2.75) is 13.3 Å². The van der Waals surface area contributed by atoms with Crippen molar-refractivity contribution in [1.82, 2.24) is 4.98 Å². The minimum absolute atomic E-state index is 0.834. The molecule has 0 N–H and O–H groups in total. The molecule has 0 aliphatic heterocycles. The van der Waals surface area contributed by atoms with Gasteiger partial charge in [-0.3, -0.25) is 4.98 Å². The van der Waals surface area contributed by atoms with E-state index in [1.807, 2.05) is 19.1 Å². The highest BCUT2D eigenvalue weighted by atomic mass is 28.4. The molecule has 0 radical (unpaired) electrons. The average Bonchev–Trinajstić information content (AvgIpc) is 2.33. The van der Waals surface area contributed by atoms with Gasteiger partial charge < -0.3 is 13.3 Å².